The molecule has 0 bridgehead atoms. The Morgan fingerprint density at radius 3 is 2.58 bits per heavy atom. The van der Waals surface area contributed by atoms with Gasteiger partial charge in [0.25, 0.3) is 0 Å². The lowest BCUT2D eigenvalue weighted by atomic mass is 10.1. The Hall–Kier alpha value is -1.58. The molecule has 0 aromatic heterocycles. The van der Waals surface area contributed by atoms with Gasteiger partial charge in [0.2, 0.25) is 0 Å². The fourth-order valence-corrected chi connectivity index (χ4v) is 3.41. The molecule has 1 unspecified atom stereocenters. The number of anilines is 1. The number of nitrogens with one attached hydrogen (secondary N) is 1. The molecule has 1 fully saturated rings. The Kier molecular flexibility index (Phi) is 5.42. The van der Waals surface area contributed by atoms with Crippen LogP contribution in [0.3, 0.4) is 0 Å². The maximum atomic E-state index is 6.23. The second-order valence-electron chi connectivity index (χ2n) is 6.59. The van der Waals surface area contributed by atoms with Gasteiger partial charge in [-0.15, -0.1) is 0 Å². The standard InChI is InChI=1S/C20H23ClN2S/c1-14-8-11-18(12-19(14)21)22-20(24)23(15(2)17-9-10-17)13-16-6-4-3-5-7-16/h3-8,11-12,15,17H,9-10,13H2,1-2H3,(H,22,24). The van der Waals surface area contributed by atoms with E-state index < -0.39 is 0 Å². The third kappa shape index (κ3) is 4.28. The zero-order valence-electron chi connectivity index (χ0n) is 14.1. The van der Waals surface area contributed by atoms with Crippen molar-refractivity contribution in [1.29, 1.82) is 0 Å². The first kappa shape index (κ1) is 17.2. The Balaban J connectivity index is 1.76. The van der Waals surface area contributed by atoms with Gasteiger partial charge in [0.1, 0.15) is 0 Å². The Morgan fingerprint density at radius 2 is 1.96 bits per heavy atom. The molecule has 126 valence electrons. The van der Waals surface area contributed by atoms with Crippen LogP contribution in [-0.2, 0) is 6.54 Å². The molecule has 1 atom stereocenters. The summed E-state index contributed by atoms with van der Waals surface area (Å²) in [5.74, 6) is 0.745. The number of rotatable bonds is 5. The molecular weight excluding hydrogens is 336 g/mol. The smallest absolute Gasteiger partial charge is 0.173 e. The van der Waals surface area contributed by atoms with E-state index in [1.54, 1.807) is 0 Å². The molecule has 1 aliphatic carbocycles. The van der Waals surface area contributed by atoms with Gasteiger partial charge in [0.15, 0.2) is 5.11 Å². The third-order valence-corrected chi connectivity index (χ3v) is 5.42. The van der Waals surface area contributed by atoms with Gasteiger partial charge in [-0.3, -0.25) is 0 Å². The van der Waals surface area contributed by atoms with E-state index in [2.05, 4.69) is 41.4 Å². The summed E-state index contributed by atoms with van der Waals surface area (Å²) >= 11 is 12.0. The normalized spacial score (nSPS) is 15.0. The second kappa shape index (κ2) is 7.54. The summed E-state index contributed by atoms with van der Waals surface area (Å²) in [5.41, 5.74) is 3.29. The summed E-state index contributed by atoms with van der Waals surface area (Å²) in [6.07, 6.45) is 2.59. The lowest BCUT2D eigenvalue weighted by molar-refractivity contribution is 0.298. The molecule has 0 radical (unpaired) electrons. The molecule has 1 N–H and O–H groups in total. The molecule has 2 aromatic rings. The van der Waals surface area contributed by atoms with Gasteiger partial charge in [-0.05, 0) is 68.1 Å². The van der Waals surface area contributed by atoms with E-state index in [0.717, 1.165) is 33.8 Å². The topological polar surface area (TPSA) is 15.3 Å². The van der Waals surface area contributed by atoms with Crippen LogP contribution in [0.4, 0.5) is 5.69 Å². The van der Waals surface area contributed by atoms with Gasteiger partial charge < -0.3 is 10.2 Å². The van der Waals surface area contributed by atoms with Crippen molar-refractivity contribution in [1.82, 2.24) is 4.90 Å². The lowest BCUT2D eigenvalue weighted by Crippen LogP contribution is -2.41. The predicted molar refractivity (Wildman–Crippen MR) is 107 cm³/mol. The number of hydrogen-bond donors (Lipinski definition) is 1. The van der Waals surface area contributed by atoms with Gasteiger partial charge in [-0.1, -0.05) is 48.0 Å². The molecule has 2 aromatic carbocycles. The molecular formula is C20H23ClN2S. The average molecular weight is 359 g/mol. The Morgan fingerprint density at radius 1 is 1.25 bits per heavy atom. The van der Waals surface area contributed by atoms with Crippen molar-refractivity contribution in [2.24, 2.45) is 5.92 Å². The van der Waals surface area contributed by atoms with E-state index >= 15 is 0 Å². The lowest BCUT2D eigenvalue weighted by Gasteiger charge is -2.32. The van der Waals surface area contributed by atoms with Crippen LogP contribution in [0.5, 0.6) is 0 Å². The van der Waals surface area contributed by atoms with Crippen molar-refractivity contribution in [2.75, 3.05) is 5.32 Å². The molecule has 0 spiro atoms. The van der Waals surface area contributed by atoms with Crippen molar-refractivity contribution >= 4 is 34.6 Å². The number of halogens is 1. The molecule has 4 heteroatoms. The molecule has 0 heterocycles. The molecule has 24 heavy (non-hydrogen) atoms. The summed E-state index contributed by atoms with van der Waals surface area (Å²) in [7, 11) is 0. The first-order valence-electron chi connectivity index (χ1n) is 8.42. The summed E-state index contributed by atoms with van der Waals surface area (Å²) in [5, 5.41) is 4.89. The summed E-state index contributed by atoms with van der Waals surface area (Å²) in [4.78, 5) is 2.30. The van der Waals surface area contributed by atoms with Crippen LogP contribution in [0.1, 0.15) is 30.9 Å². The highest BCUT2D eigenvalue weighted by atomic mass is 35.5. The summed E-state index contributed by atoms with van der Waals surface area (Å²) < 4.78 is 0. The number of hydrogen-bond acceptors (Lipinski definition) is 1. The minimum absolute atomic E-state index is 0.436. The van der Waals surface area contributed by atoms with Gasteiger partial charge in [0.05, 0.1) is 0 Å². The van der Waals surface area contributed by atoms with Gasteiger partial charge in [0, 0.05) is 23.3 Å². The van der Waals surface area contributed by atoms with Crippen LogP contribution >= 0.6 is 23.8 Å². The number of benzene rings is 2. The van der Waals surface area contributed by atoms with Gasteiger partial charge in [-0.25, -0.2) is 0 Å². The minimum Gasteiger partial charge on any atom is -0.342 e. The van der Waals surface area contributed by atoms with Crippen LogP contribution in [0.15, 0.2) is 48.5 Å². The van der Waals surface area contributed by atoms with Crippen LogP contribution < -0.4 is 5.32 Å². The van der Waals surface area contributed by atoms with Crippen LogP contribution in [0.25, 0.3) is 0 Å². The van der Waals surface area contributed by atoms with E-state index in [1.165, 1.54) is 18.4 Å². The summed E-state index contributed by atoms with van der Waals surface area (Å²) in [6, 6.07) is 16.9. The van der Waals surface area contributed by atoms with Crippen molar-refractivity contribution < 1.29 is 0 Å². The highest BCUT2D eigenvalue weighted by Gasteiger charge is 2.33. The zero-order chi connectivity index (χ0) is 17.1. The van der Waals surface area contributed by atoms with E-state index in [9.17, 15) is 0 Å². The second-order valence-corrected chi connectivity index (χ2v) is 7.38. The van der Waals surface area contributed by atoms with E-state index in [0.29, 0.717) is 6.04 Å². The van der Waals surface area contributed by atoms with Gasteiger partial charge in [-0.2, -0.15) is 0 Å². The Bertz CT molecular complexity index is 713. The molecule has 0 aliphatic heterocycles. The van der Waals surface area contributed by atoms with Crippen LogP contribution in [-0.4, -0.2) is 16.1 Å². The summed E-state index contributed by atoms with van der Waals surface area (Å²) in [6.45, 7) is 5.10. The van der Waals surface area contributed by atoms with Crippen molar-refractivity contribution in [3.63, 3.8) is 0 Å². The van der Waals surface area contributed by atoms with Crippen LogP contribution in [0.2, 0.25) is 5.02 Å². The number of thiocarbonyl (C=S) groups is 1. The van der Waals surface area contributed by atoms with Gasteiger partial charge >= 0.3 is 0 Å². The highest BCUT2D eigenvalue weighted by Crippen LogP contribution is 2.36. The van der Waals surface area contributed by atoms with E-state index in [1.807, 2.05) is 31.2 Å². The first-order chi connectivity index (χ1) is 11.5. The zero-order valence-corrected chi connectivity index (χ0v) is 15.7. The fraction of sp³-hybridized carbons (Fsp3) is 0.350. The predicted octanol–water partition coefficient (Wildman–Crippen LogP) is 5.65. The van der Waals surface area contributed by atoms with Crippen molar-refractivity contribution in [3.8, 4) is 0 Å². The molecule has 3 rings (SSSR count). The number of nitrogens with zero attached hydrogens (tertiary/aromatic N) is 1. The monoisotopic (exact) mass is 358 g/mol. The van der Waals surface area contributed by atoms with Crippen molar-refractivity contribution in [2.45, 2.75) is 39.3 Å². The quantitative estimate of drug-likeness (QED) is 0.695. The largest absolute Gasteiger partial charge is 0.342 e. The maximum absolute atomic E-state index is 6.23. The molecule has 0 amide bonds. The molecule has 1 aliphatic rings. The molecule has 0 saturated heterocycles. The maximum Gasteiger partial charge on any atom is 0.173 e. The minimum atomic E-state index is 0.436. The fourth-order valence-electron chi connectivity index (χ4n) is 2.88. The SMILES string of the molecule is Cc1ccc(NC(=S)N(Cc2ccccc2)C(C)C2CC2)cc1Cl. The molecule has 1 saturated carbocycles. The van der Waals surface area contributed by atoms with Crippen LogP contribution in [0, 0.1) is 12.8 Å². The van der Waals surface area contributed by atoms with E-state index in [4.69, 9.17) is 23.8 Å². The van der Waals surface area contributed by atoms with Crippen molar-refractivity contribution in [3.05, 3.63) is 64.7 Å². The first-order valence-corrected chi connectivity index (χ1v) is 9.21. The highest BCUT2D eigenvalue weighted by molar-refractivity contribution is 7.80. The van der Waals surface area contributed by atoms with E-state index in [-0.39, 0.29) is 0 Å². The molecule has 2 nitrogen and oxygen atoms in total. The third-order valence-electron chi connectivity index (χ3n) is 4.68. The average Bonchev–Trinajstić information content (AvgIpc) is 3.41. The number of aryl methyl sites for hydroxylation is 1. The Labute approximate surface area is 154 Å².